The van der Waals surface area contributed by atoms with Gasteiger partial charge >= 0.3 is 74.4 Å². The van der Waals surface area contributed by atoms with Gasteiger partial charge in [0.1, 0.15) is 0 Å². The summed E-state index contributed by atoms with van der Waals surface area (Å²) in [5.41, 5.74) is 0. The normalized spacial score (nSPS) is 7.38. The van der Waals surface area contributed by atoms with E-state index in [4.69, 9.17) is 19.2 Å². The first-order valence-electron chi connectivity index (χ1n) is 0.765. The van der Waals surface area contributed by atoms with Crippen LogP contribution in [0.2, 0.25) is 0 Å². The largest absolute Gasteiger partial charge is 2.00 e. The third-order valence-electron chi connectivity index (χ3n) is 0. The molecule has 0 aliphatic carbocycles. The summed E-state index contributed by atoms with van der Waals surface area (Å²) < 4.78 is 8.77. The molecule has 0 atom stereocenters. The van der Waals surface area contributed by atoms with Crippen molar-refractivity contribution >= 4 is 30.9 Å². The molecule has 0 saturated heterocycles. The van der Waals surface area contributed by atoms with Crippen LogP contribution in [0.4, 0.5) is 0 Å². The molecule has 40 valence electrons. The van der Waals surface area contributed by atoms with Gasteiger partial charge in [-0.15, -0.1) is 0 Å². The monoisotopic (exact) mass is 176 g/mol. The van der Waals surface area contributed by atoms with Crippen LogP contribution in [-0.4, -0.2) is 32.8 Å². The number of hydrogen-bond acceptors (Lipinski definition) is 2. The van der Waals surface area contributed by atoms with Crippen molar-refractivity contribution in [1.82, 2.24) is 0 Å². The summed E-state index contributed by atoms with van der Waals surface area (Å²) in [4.78, 5) is 22.9. The Hall–Kier alpha value is 2.47. The minimum absolute atomic E-state index is 0. The zero-order chi connectivity index (χ0) is 4.50. The fourth-order valence-corrected chi connectivity index (χ4v) is 0. The molecule has 0 radical (unpaired) electrons. The maximum absolute atomic E-state index is 8.77. The van der Waals surface area contributed by atoms with E-state index in [0.717, 1.165) is 0 Å². The molecule has 0 aliphatic rings. The van der Waals surface area contributed by atoms with E-state index in [9.17, 15) is 0 Å². The summed E-state index contributed by atoms with van der Waals surface area (Å²) in [6, 6.07) is 0. The molecule has 0 spiro atoms. The van der Waals surface area contributed by atoms with Gasteiger partial charge in [0.25, 0.3) is 7.82 Å². The van der Waals surface area contributed by atoms with Gasteiger partial charge in [-0.1, -0.05) is 0 Å². The molecule has 8 heteroatoms. The Morgan fingerprint density at radius 1 is 1.38 bits per heavy atom. The van der Waals surface area contributed by atoms with Crippen LogP contribution in [0.25, 0.3) is 0 Å². The smallest absolute Gasteiger partial charge is 2.00 e. The second-order valence-corrected chi connectivity index (χ2v) is 1.47. The summed E-state index contributed by atoms with van der Waals surface area (Å²) in [6.07, 6.45) is 0. The zero-order valence-electron chi connectivity index (χ0n) is 4.27. The fourth-order valence-electron chi connectivity index (χ4n) is 0. The van der Waals surface area contributed by atoms with Crippen molar-refractivity contribution in [2.24, 2.45) is 0 Å². The summed E-state index contributed by atoms with van der Waals surface area (Å²) in [5, 5.41) is 0. The minimum atomic E-state index is -4.89. The van der Waals surface area contributed by atoms with Gasteiger partial charge in [0.05, 0.1) is 0 Å². The fraction of sp³-hybridized carbons (Fsp3) is 0. The third-order valence-corrected chi connectivity index (χ3v) is 0. The van der Waals surface area contributed by atoms with Gasteiger partial charge in [0.15, 0.2) is 0 Å². The summed E-state index contributed by atoms with van der Waals surface area (Å²) in [7, 11) is -4.89. The maximum Gasteiger partial charge on any atom is 2.00 e. The second kappa shape index (κ2) is 9.47. The Labute approximate surface area is 105 Å². The van der Waals surface area contributed by atoms with Gasteiger partial charge in [-0.2, -0.15) is 0 Å². The van der Waals surface area contributed by atoms with Crippen LogP contribution in [0.15, 0.2) is 0 Å². The van der Waals surface area contributed by atoms with Gasteiger partial charge in [-0.25, -0.2) is 0 Å². The van der Waals surface area contributed by atoms with E-state index in [1.54, 1.807) is 0 Å². The predicted molar refractivity (Wildman–Crippen MR) is 18.5 cm³/mol. The number of rotatable bonds is 0. The molecule has 5 nitrogen and oxygen atoms in total. The van der Waals surface area contributed by atoms with E-state index in [1.165, 1.54) is 0 Å². The molecule has 0 amide bonds. The molecule has 0 aromatic carbocycles. The molecule has 0 rings (SSSR count). The van der Waals surface area contributed by atoms with Crippen molar-refractivity contribution in [2.45, 2.75) is 0 Å². The van der Waals surface area contributed by atoms with E-state index in [1.807, 2.05) is 0 Å². The van der Waals surface area contributed by atoms with Gasteiger partial charge in [-0.3, -0.25) is 4.57 Å². The van der Waals surface area contributed by atoms with Crippen LogP contribution in [0.1, 0.15) is 0 Å². The van der Waals surface area contributed by atoms with Crippen LogP contribution in [0, 0.1) is 0 Å². The maximum atomic E-state index is 8.77. The molecule has 0 bridgehead atoms. The Bertz CT molecular complexity index is 58.6. The van der Waals surface area contributed by atoms with Crippen LogP contribution >= 0.6 is 7.82 Å². The molecular formula is H2KMgO5P. The van der Waals surface area contributed by atoms with E-state index in [0.29, 0.717) is 0 Å². The SMILES string of the molecule is O=P([O-])(O)O.[K+].[Mg+2].[O-2]. The summed E-state index contributed by atoms with van der Waals surface area (Å²) >= 11 is 0. The Balaban J connectivity index is -0.0000000267. The van der Waals surface area contributed by atoms with Crippen molar-refractivity contribution in [3.8, 4) is 0 Å². The topological polar surface area (TPSA) is 109 Å². The van der Waals surface area contributed by atoms with Crippen LogP contribution in [0.3, 0.4) is 0 Å². The van der Waals surface area contributed by atoms with Crippen LogP contribution in [-0.2, 0) is 10.0 Å². The van der Waals surface area contributed by atoms with Crippen molar-refractivity contribution in [3.63, 3.8) is 0 Å². The summed E-state index contributed by atoms with van der Waals surface area (Å²) in [6.45, 7) is 0. The molecule has 0 aromatic heterocycles. The molecule has 8 heavy (non-hydrogen) atoms. The zero-order valence-corrected chi connectivity index (χ0v) is 9.71. The Morgan fingerprint density at radius 3 is 1.38 bits per heavy atom. The molecular weight excluding hydrogens is 174 g/mol. The van der Waals surface area contributed by atoms with E-state index < -0.39 is 7.82 Å². The Morgan fingerprint density at radius 2 is 1.38 bits per heavy atom. The van der Waals surface area contributed by atoms with E-state index >= 15 is 0 Å². The predicted octanol–water partition coefficient (Wildman–Crippen LogP) is -5.06. The van der Waals surface area contributed by atoms with Crippen molar-refractivity contribution in [3.05, 3.63) is 0 Å². The van der Waals surface area contributed by atoms with E-state index in [2.05, 4.69) is 0 Å². The molecule has 0 unspecified atom stereocenters. The molecule has 2 N–H and O–H groups in total. The van der Waals surface area contributed by atoms with Crippen molar-refractivity contribution in [2.75, 3.05) is 0 Å². The minimum Gasteiger partial charge on any atom is -2.00 e. The molecule has 0 saturated carbocycles. The molecule has 0 heterocycles. The molecule has 0 fully saturated rings. The first-order valence-corrected chi connectivity index (χ1v) is 2.30. The number of phosphoric acid groups is 1. The van der Waals surface area contributed by atoms with Gasteiger partial charge in [-0.05, 0) is 0 Å². The molecule has 0 aliphatic heterocycles. The summed E-state index contributed by atoms with van der Waals surface area (Å²) in [5.74, 6) is 0. The van der Waals surface area contributed by atoms with Crippen molar-refractivity contribution in [1.29, 1.82) is 0 Å². The quantitative estimate of drug-likeness (QED) is 0.284. The molecule has 0 aromatic rings. The first-order chi connectivity index (χ1) is 2.00. The van der Waals surface area contributed by atoms with Gasteiger partial charge in [0, 0.05) is 0 Å². The van der Waals surface area contributed by atoms with Gasteiger partial charge in [0.2, 0.25) is 0 Å². The Kier molecular flexibility index (Phi) is 26.6. The standard InChI is InChI=1S/K.Mg.H3O4P.O/c;;1-5(2,3)4;/h;;(H3,1,2,3,4);/q+1;+2;;-2/p-1. The van der Waals surface area contributed by atoms with E-state index in [-0.39, 0.29) is 79.9 Å². The number of hydrogen-bond donors (Lipinski definition) is 2. The van der Waals surface area contributed by atoms with Crippen LogP contribution in [0.5, 0.6) is 0 Å². The average molecular weight is 176 g/mol. The van der Waals surface area contributed by atoms with Gasteiger partial charge < -0.3 is 20.2 Å². The first kappa shape index (κ1) is 22.4. The third kappa shape index (κ3) is 77.4. The second-order valence-electron chi connectivity index (χ2n) is 0.491. The van der Waals surface area contributed by atoms with Crippen LogP contribution < -0.4 is 56.3 Å². The van der Waals surface area contributed by atoms with Crippen molar-refractivity contribution < 1.29 is 76.1 Å². The average Bonchev–Trinajstić information content (AvgIpc) is 0.722.